The third kappa shape index (κ3) is 4.95. The summed E-state index contributed by atoms with van der Waals surface area (Å²) in [6, 6.07) is 13.7. The molecule has 3 rings (SSSR count). The first-order valence-electron chi connectivity index (χ1n) is 9.47. The molecular weight excluding hydrogens is 356 g/mol. The quantitative estimate of drug-likeness (QED) is 0.735. The number of nitrogens with zero attached hydrogens (tertiary/aromatic N) is 2. The highest BCUT2D eigenvalue weighted by molar-refractivity contribution is 5.79. The van der Waals surface area contributed by atoms with E-state index in [-0.39, 0.29) is 5.91 Å². The summed E-state index contributed by atoms with van der Waals surface area (Å²) in [5.74, 6) is 2.41. The van der Waals surface area contributed by atoms with Crippen LogP contribution < -0.4 is 14.2 Å². The van der Waals surface area contributed by atoms with Gasteiger partial charge in [-0.1, -0.05) is 18.2 Å². The molecule has 150 valence electrons. The van der Waals surface area contributed by atoms with Gasteiger partial charge in [0.1, 0.15) is 17.2 Å². The van der Waals surface area contributed by atoms with Crippen LogP contribution in [0.4, 0.5) is 0 Å². The Hall–Kier alpha value is -2.73. The second kappa shape index (κ2) is 9.46. The van der Waals surface area contributed by atoms with Gasteiger partial charge in [0.05, 0.1) is 27.8 Å². The van der Waals surface area contributed by atoms with Crippen LogP contribution in [-0.2, 0) is 17.8 Å². The van der Waals surface area contributed by atoms with Gasteiger partial charge in [-0.3, -0.25) is 9.69 Å². The molecule has 0 aromatic heterocycles. The molecule has 1 fully saturated rings. The van der Waals surface area contributed by atoms with Crippen LogP contribution in [0.5, 0.6) is 17.2 Å². The van der Waals surface area contributed by atoms with E-state index in [1.165, 1.54) is 5.56 Å². The maximum Gasteiger partial charge on any atom is 0.227 e. The molecule has 0 bridgehead atoms. The average Bonchev–Trinajstić information content (AvgIpc) is 2.75. The Bertz CT molecular complexity index is 784. The molecule has 0 N–H and O–H groups in total. The van der Waals surface area contributed by atoms with Crippen molar-refractivity contribution in [1.29, 1.82) is 0 Å². The van der Waals surface area contributed by atoms with Crippen molar-refractivity contribution in [3.63, 3.8) is 0 Å². The smallest absolute Gasteiger partial charge is 0.227 e. The molecule has 1 amide bonds. The summed E-state index contributed by atoms with van der Waals surface area (Å²) in [5, 5.41) is 0. The van der Waals surface area contributed by atoms with Crippen LogP contribution in [0.15, 0.2) is 42.5 Å². The lowest BCUT2D eigenvalue weighted by molar-refractivity contribution is -0.132. The fourth-order valence-corrected chi connectivity index (χ4v) is 3.42. The zero-order valence-electron chi connectivity index (χ0n) is 16.8. The lowest BCUT2D eigenvalue weighted by atomic mass is 10.1. The summed E-state index contributed by atoms with van der Waals surface area (Å²) in [5.41, 5.74) is 2.14. The van der Waals surface area contributed by atoms with Crippen molar-refractivity contribution in [2.45, 2.75) is 13.0 Å². The highest BCUT2D eigenvalue weighted by Gasteiger charge is 2.22. The molecule has 0 saturated carbocycles. The van der Waals surface area contributed by atoms with Crippen LogP contribution in [-0.4, -0.2) is 63.2 Å². The molecule has 2 aromatic rings. The van der Waals surface area contributed by atoms with E-state index >= 15 is 0 Å². The summed E-state index contributed by atoms with van der Waals surface area (Å²) < 4.78 is 15.8. The molecule has 0 atom stereocenters. The molecule has 0 radical (unpaired) electrons. The fraction of sp³-hybridized carbons (Fsp3) is 0.409. The first-order chi connectivity index (χ1) is 13.6. The third-order valence-electron chi connectivity index (χ3n) is 5.13. The van der Waals surface area contributed by atoms with Crippen LogP contribution in [0, 0.1) is 0 Å². The molecule has 1 saturated heterocycles. The Labute approximate surface area is 166 Å². The van der Waals surface area contributed by atoms with E-state index in [1.807, 2.05) is 35.2 Å². The van der Waals surface area contributed by atoms with E-state index in [2.05, 4.69) is 17.0 Å². The fourth-order valence-electron chi connectivity index (χ4n) is 3.42. The number of amides is 1. The van der Waals surface area contributed by atoms with Crippen molar-refractivity contribution in [3.8, 4) is 17.2 Å². The van der Waals surface area contributed by atoms with E-state index in [4.69, 9.17) is 14.2 Å². The van der Waals surface area contributed by atoms with Crippen molar-refractivity contribution < 1.29 is 19.0 Å². The van der Waals surface area contributed by atoms with Gasteiger partial charge in [-0.2, -0.15) is 0 Å². The van der Waals surface area contributed by atoms with E-state index in [1.54, 1.807) is 21.3 Å². The zero-order chi connectivity index (χ0) is 19.9. The van der Waals surface area contributed by atoms with Gasteiger partial charge in [-0.25, -0.2) is 0 Å². The topological polar surface area (TPSA) is 51.2 Å². The van der Waals surface area contributed by atoms with Gasteiger partial charge >= 0.3 is 0 Å². The number of hydrogen-bond donors (Lipinski definition) is 0. The molecule has 6 heteroatoms. The highest BCUT2D eigenvalue weighted by Crippen LogP contribution is 2.25. The Morgan fingerprint density at radius 2 is 1.50 bits per heavy atom. The summed E-state index contributed by atoms with van der Waals surface area (Å²) >= 11 is 0. The summed E-state index contributed by atoms with van der Waals surface area (Å²) in [7, 11) is 4.90. The van der Waals surface area contributed by atoms with Gasteiger partial charge in [-0.05, 0) is 23.8 Å². The van der Waals surface area contributed by atoms with Gasteiger partial charge in [0.2, 0.25) is 5.91 Å². The molecular formula is C22H28N2O4. The average molecular weight is 384 g/mol. The molecule has 1 aliphatic rings. The molecule has 6 nitrogen and oxygen atoms in total. The van der Waals surface area contributed by atoms with Crippen molar-refractivity contribution in [3.05, 3.63) is 53.6 Å². The first-order valence-corrected chi connectivity index (χ1v) is 9.47. The number of methoxy groups -OCH3 is 3. The van der Waals surface area contributed by atoms with Crippen molar-refractivity contribution in [1.82, 2.24) is 9.80 Å². The number of ether oxygens (including phenoxy) is 3. The minimum Gasteiger partial charge on any atom is -0.497 e. The lowest BCUT2D eigenvalue weighted by Crippen LogP contribution is -2.48. The Balaban J connectivity index is 1.52. The van der Waals surface area contributed by atoms with Crippen LogP contribution >= 0.6 is 0 Å². The summed E-state index contributed by atoms with van der Waals surface area (Å²) in [6.45, 7) is 4.12. The van der Waals surface area contributed by atoms with E-state index in [0.29, 0.717) is 12.2 Å². The van der Waals surface area contributed by atoms with Crippen LogP contribution in [0.1, 0.15) is 11.1 Å². The van der Waals surface area contributed by atoms with Gasteiger partial charge in [-0.15, -0.1) is 0 Å². The van der Waals surface area contributed by atoms with E-state index in [9.17, 15) is 4.79 Å². The molecule has 0 spiro atoms. The number of benzene rings is 2. The second-order valence-corrected chi connectivity index (χ2v) is 6.86. The summed E-state index contributed by atoms with van der Waals surface area (Å²) in [4.78, 5) is 17.0. The predicted octanol–water partition coefficient (Wildman–Crippen LogP) is 2.60. The zero-order valence-corrected chi connectivity index (χ0v) is 16.8. The molecule has 0 unspecified atom stereocenters. The minimum atomic E-state index is 0.132. The molecule has 1 heterocycles. The monoisotopic (exact) mass is 384 g/mol. The van der Waals surface area contributed by atoms with Crippen molar-refractivity contribution in [2.24, 2.45) is 0 Å². The Morgan fingerprint density at radius 1 is 0.857 bits per heavy atom. The first kappa shape index (κ1) is 20.0. The predicted molar refractivity (Wildman–Crippen MR) is 108 cm³/mol. The van der Waals surface area contributed by atoms with Crippen molar-refractivity contribution in [2.75, 3.05) is 47.5 Å². The molecule has 2 aromatic carbocycles. The van der Waals surface area contributed by atoms with Gasteiger partial charge in [0, 0.05) is 44.4 Å². The normalized spacial score (nSPS) is 14.6. The SMILES string of the molecule is COc1ccc(CN2CCN(C(=O)Cc3ccc(OC)cc3OC)CC2)cc1. The number of rotatable bonds is 7. The standard InChI is InChI=1S/C22H28N2O4/c1-26-19-7-4-17(5-8-19)16-23-10-12-24(13-11-23)22(25)14-18-6-9-20(27-2)15-21(18)28-3/h4-9,15H,10-14,16H2,1-3H3. The minimum absolute atomic E-state index is 0.132. The lowest BCUT2D eigenvalue weighted by Gasteiger charge is -2.35. The number of carbonyl (C=O) groups is 1. The largest absolute Gasteiger partial charge is 0.497 e. The third-order valence-corrected chi connectivity index (χ3v) is 5.13. The maximum atomic E-state index is 12.7. The van der Waals surface area contributed by atoms with Gasteiger partial charge in [0.25, 0.3) is 0 Å². The van der Waals surface area contributed by atoms with E-state index in [0.717, 1.165) is 49.8 Å². The highest BCUT2D eigenvalue weighted by atomic mass is 16.5. The molecule has 0 aliphatic carbocycles. The Morgan fingerprint density at radius 3 is 2.11 bits per heavy atom. The van der Waals surface area contributed by atoms with E-state index < -0.39 is 0 Å². The van der Waals surface area contributed by atoms with Crippen LogP contribution in [0.3, 0.4) is 0 Å². The van der Waals surface area contributed by atoms with Crippen LogP contribution in [0.25, 0.3) is 0 Å². The number of piperazine rings is 1. The number of carbonyl (C=O) groups excluding carboxylic acids is 1. The van der Waals surface area contributed by atoms with Crippen LogP contribution in [0.2, 0.25) is 0 Å². The summed E-state index contributed by atoms with van der Waals surface area (Å²) in [6.07, 6.45) is 0.339. The maximum absolute atomic E-state index is 12.7. The second-order valence-electron chi connectivity index (χ2n) is 6.86. The Kier molecular flexibility index (Phi) is 6.76. The molecule has 1 aliphatic heterocycles. The van der Waals surface area contributed by atoms with Gasteiger partial charge in [0.15, 0.2) is 0 Å². The molecule has 28 heavy (non-hydrogen) atoms. The number of hydrogen-bond acceptors (Lipinski definition) is 5. The van der Waals surface area contributed by atoms with Crippen molar-refractivity contribution >= 4 is 5.91 Å². The van der Waals surface area contributed by atoms with Gasteiger partial charge < -0.3 is 19.1 Å².